The molecule has 0 saturated heterocycles. The molecule has 1 nitrogen and oxygen atoms in total. The van der Waals surface area contributed by atoms with Crippen molar-refractivity contribution in [2.45, 2.75) is 12.8 Å². The minimum atomic E-state index is -0.753. The van der Waals surface area contributed by atoms with Gasteiger partial charge in [-0.1, -0.05) is 6.07 Å². The highest BCUT2D eigenvalue weighted by molar-refractivity contribution is 5.99. The van der Waals surface area contributed by atoms with Gasteiger partial charge in [-0.3, -0.25) is 4.79 Å². The lowest BCUT2D eigenvalue weighted by atomic mass is 10.1. The minimum Gasteiger partial charge on any atom is -0.294 e. The summed E-state index contributed by atoms with van der Waals surface area (Å²) in [5, 5.41) is 0. The van der Waals surface area contributed by atoms with Gasteiger partial charge in [-0.2, -0.15) is 0 Å². The molecule has 0 aliphatic heterocycles. The highest BCUT2D eigenvalue weighted by Gasteiger charge is 2.33. The molecule has 1 aromatic carbocycles. The third-order valence-electron chi connectivity index (χ3n) is 2.16. The molecule has 3 heteroatoms. The summed E-state index contributed by atoms with van der Waals surface area (Å²) in [7, 11) is 0. The normalized spacial score (nSPS) is 15.8. The predicted molar refractivity (Wildman–Crippen MR) is 43.4 cm³/mol. The molecule has 1 saturated carbocycles. The van der Waals surface area contributed by atoms with Crippen molar-refractivity contribution < 1.29 is 13.6 Å². The van der Waals surface area contributed by atoms with Crippen LogP contribution in [0.25, 0.3) is 0 Å². The first kappa shape index (κ1) is 8.35. The van der Waals surface area contributed by atoms with Gasteiger partial charge >= 0.3 is 0 Å². The zero-order valence-electron chi connectivity index (χ0n) is 6.89. The minimum absolute atomic E-state index is 0.147. The lowest BCUT2D eigenvalue weighted by Crippen LogP contribution is -2.07. The van der Waals surface area contributed by atoms with Gasteiger partial charge in [0.05, 0.1) is 5.56 Å². The van der Waals surface area contributed by atoms with Gasteiger partial charge in [-0.15, -0.1) is 0 Å². The van der Waals surface area contributed by atoms with E-state index in [4.69, 9.17) is 0 Å². The molecule has 1 fully saturated rings. The third kappa shape index (κ3) is 1.46. The Morgan fingerprint density at radius 3 is 2.23 bits per heavy atom. The highest BCUT2D eigenvalue weighted by Crippen LogP contribution is 2.33. The van der Waals surface area contributed by atoms with Crippen molar-refractivity contribution in [3.05, 3.63) is 35.4 Å². The number of ketones is 1. The van der Waals surface area contributed by atoms with Crippen molar-refractivity contribution >= 4 is 5.78 Å². The second-order valence-electron chi connectivity index (χ2n) is 3.24. The zero-order chi connectivity index (χ0) is 9.42. The zero-order valence-corrected chi connectivity index (χ0v) is 6.89. The summed E-state index contributed by atoms with van der Waals surface area (Å²) in [4.78, 5) is 11.4. The summed E-state index contributed by atoms with van der Waals surface area (Å²) in [5.74, 6) is -2.05. The number of carbonyl (C=O) groups is 1. The van der Waals surface area contributed by atoms with E-state index in [1.165, 1.54) is 6.07 Å². The van der Waals surface area contributed by atoms with E-state index < -0.39 is 17.4 Å². The van der Waals surface area contributed by atoms with Crippen LogP contribution in [0.2, 0.25) is 0 Å². The molecule has 0 heterocycles. The molecule has 1 aliphatic rings. The van der Waals surface area contributed by atoms with Gasteiger partial charge in [0.1, 0.15) is 11.6 Å². The van der Waals surface area contributed by atoms with E-state index in [0.29, 0.717) is 0 Å². The highest BCUT2D eigenvalue weighted by atomic mass is 19.1. The Hall–Kier alpha value is -1.25. The van der Waals surface area contributed by atoms with Crippen molar-refractivity contribution in [1.82, 2.24) is 0 Å². The first-order chi connectivity index (χ1) is 6.20. The van der Waals surface area contributed by atoms with Crippen LogP contribution in [0.5, 0.6) is 0 Å². The summed E-state index contributed by atoms with van der Waals surface area (Å²) in [6.45, 7) is 0. The number of hydrogen-bond acceptors (Lipinski definition) is 1. The number of rotatable bonds is 2. The van der Waals surface area contributed by atoms with E-state index in [1.54, 1.807) is 0 Å². The number of carbonyl (C=O) groups excluding carboxylic acids is 1. The van der Waals surface area contributed by atoms with E-state index in [2.05, 4.69) is 0 Å². The Labute approximate surface area is 74.4 Å². The standard InChI is InChI=1S/C10H8F2O/c11-7-2-1-3-8(12)9(7)10(13)6-4-5-6/h1-3,6H,4-5H2. The van der Waals surface area contributed by atoms with Crippen LogP contribution in [-0.4, -0.2) is 5.78 Å². The van der Waals surface area contributed by atoms with Crippen LogP contribution in [0, 0.1) is 17.6 Å². The number of benzene rings is 1. The van der Waals surface area contributed by atoms with Gasteiger partial charge in [-0.05, 0) is 25.0 Å². The molecule has 0 spiro atoms. The molecule has 0 amide bonds. The fraction of sp³-hybridized carbons (Fsp3) is 0.300. The Balaban J connectivity index is 2.42. The van der Waals surface area contributed by atoms with Crippen LogP contribution < -0.4 is 0 Å². The van der Waals surface area contributed by atoms with Crippen molar-refractivity contribution in [2.75, 3.05) is 0 Å². The van der Waals surface area contributed by atoms with Gasteiger partial charge < -0.3 is 0 Å². The molecule has 0 atom stereocenters. The Morgan fingerprint density at radius 1 is 1.23 bits per heavy atom. The number of halogens is 2. The monoisotopic (exact) mass is 182 g/mol. The van der Waals surface area contributed by atoms with Gasteiger partial charge in [0.25, 0.3) is 0 Å². The van der Waals surface area contributed by atoms with E-state index in [9.17, 15) is 13.6 Å². The quantitative estimate of drug-likeness (QED) is 0.642. The maximum Gasteiger partial charge on any atom is 0.171 e. The summed E-state index contributed by atoms with van der Waals surface area (Å²) < 4.78 is 26.1. The first-order valence-corrected chi connectivity index (χ1v) is 4.18. The molecule has 1 aromatic rings. The summed E-state index contributed by atoms with van der Waals surface area (Å²) in [6, 6.07) is 3.48. The van der Waals surface area contributed by atoms with Crippen molar-refractivity contribution in [2.24, 2.45) is 5.92 Å². The first-order valence-electron chi connectivity index (χ1n) is 4.18. The lowest BCUT2D eigenvalue weighted by molar-refractivity contribution is 0.0959. The predicted octanol–water partition coefficient (Wildman–Crippen LogP) is 2.56. The molecule has 0 unspecified atom stereocenters. The van der Waals surface area contributed by atoms with Crippen molar-refractivity contribution in [1.29, 1.82) is 0 Å². The van der Waals surface area contributed by atoms with E-state index in [0.717, 1.165) is 25.0 Å². The molecule has 0 radical (unpaired) electrons. The molecular weight excluding hydrogens is 174 g/mol. The van der Waals surface area contributed by atoms with Crippen molar-refractivity contribution in [3.63, 3.8) is 0 Å². The molecule has 0 aromatic heterocycles. The molecule has 0 N–H and O–H groups in total. The molecule has 0 bridgehead atoms. The second kappa shape index (κ2) is 2.91. The van der Waals surface area contributed by atoms with Crippen LogP contribution in [0.1, 0.15) is 23.2 Å². The third-order valence-corrected chi connectivity index (χ3v) is 2.16. The molecular formula is C10H8F2O. The fourth-order valence-corrected chi connectivity index (χ4v) is 1.28. The average molecular weight is 182 g/mol. The molecule has 2 rings (SSSR count). The van der Waals surface area contributed by atoms with E-state index in [-0.39, 0.29) is 11.5 Å². The summed E-state index contributed by atoms with van der Waals surface area (Å²) in [5.41, 5.74) is -0.370. The SMILES string of the molecule is O=C(c1c(F)cccc1F)C1CC1. The average Bonchev–Trinajstić information content (AvgIpc) is 2.85. The fourth-order valence-electron chi connectivity index (χ4n) is 1.28. The van der Waals surface area contributed by atoms with Crippen LogP contribution in [-0.2, 0) is 0 Å². The van der Waals surface area contributed by atoms with Gasteiger partial charge in [0.2, 0.25) is 0 Å². The van der Waals surface area contributed by atoms with Crippen LogP contribution >= 0.6 is 0 Å². The van der Waals surface area contributed by atoms with E-state index >= 15 is 0 Å². The maximum atomic E-state index is 13.0. The second-order valence-corrected chi connectivity index (χ2v) is 3.24. The lowest BCUT2D eigenvalue weighted by Gasteiger charge is -2.01. The van der Waals surface area contributed by atoms with Gasteiger partial charge in [0.15, 0.2) is 5.78 Å². The Bertz CT molecular complexity index is 336. The smallest absolute Gasteiger partial charge is 0.171 e. The number of hydrogen-bond donors (Lipinski definition) is 0. The molecule has 13 heavy (non-hydrogen) atoms. The van der Waals surface area contributed by atoms with Crippen LogP contribution in [0.4, 0.5) is 8.78 Å². The largest absolute Gasteiger partial charge is 0.294 e. The van der Waals surface area contributed by atoms with Gasteiger partial charge in [0, 0.05) is 5.92 Å². The Morgan fingerprint density at radius 2 is 1.77 bits per heavy atom. The summed E-state index contributed by atoms with van der Waals surface area (Å²) >= 11 is 0. The number of Topliss-reactive ketones (excluding diaryl/α,β-unsaturated/α-hetero) is 1. The van der Waals surface area contributed by atoms with Crippen LogP contribution in [0.15, 0.2) is 18.2 Å². The Kier molecular flexibility index (Phi) is 1.87. The molecule has 1 aliphatic carbocycles. The topological polar surface area (TPSA) is 17.1 Å². The molecule has 68 valence electrons. The van der Waals surface area contributed by atoms with E-state index in [1.807, 2.05) is 0 Å². The van der Waals surface area contributed by atoms with Crippen molar-refractivity contribution in [3.8, 4) is 0 Å². The maximum absolute atomic E-state index is 13.0. The summed E-state index contributed by atoms with van der Waals surface area (Å²) in [6.07, 6.45) is 1.51. The van der Waals surface area contributed by atoms with Crippen LogP contribution in [0.3, 0.4) is 0 Å². The van der Waals surface area contributed by atoms with Gasteiger partial charge in [-0.25, -0.2) is 8.78 Å².